The number of hydrogen-bond donors (Lipinski definition) is 0. The van der Waals surface area contributed by atoms with Crippen molar-refractivity contribution in [1.82, 2.24) is 0 Å². The first kappa shape index (κ1) is 13.0. The molecule has 0 fully saturated rings. The maximum atomic E-state index is 3.64. The predicted octanol–water partition coefficient (Wildman–Crippen LogP) is 3.83. The first-order valence-corrected chi connectivity index (χ1v) is 8.03. The second kappa shape index (κ2) is 8.15. The van der Waals surface area contributed by atoms with Crippen LogP contribution < -0.4 is 4.46 Å². The van der Waals surface area contributed by atoms with E-state index in [9.17, 15) is 0 Å². The Hall–Kier alpha value is -0.0405. The van der Waals surface area contributed by atoms with Crippen LogP contribution in [0, 0.1) is 0 Å². The molecule has 82 valence electrons. The van der Waals surface area contributed by atoms with Crippen molar-refractivity contribution in [1.29, 1.82) is 0 Å². The van der Waals surface area contributed by atoms with Gasteiger partial charge in [0, 0.05) is 0 Å². The van der Waals surface area contributed by atoms with Crippen LogP contribution in [0.15, 0.2) is 39.8 Å². The zero-order chi connectivity index (χ0) is 10.9. The number of allylic oxidation sites excluding steroid dienone is 1. The van der Waals surface area contributed by atoms with E-state index >= 15 is 0 Å². The molecule has 0 radical (unpaired) electrons. The molecular weight excluding hydrogens is 315 g/mol. The molecule has 15 heavy (non-hydrogen) atoms. The van der Waals surface area contributed by atoms with Crippen molar-refractivity contribution in [3.05, 3.63) is 39.8 Å². The molecule has 0 spiro atoms. The predicted molar refractivity (Wildman–Crippen MR) is 73.0 cm³/mol. The fourth-order valence-corrected chi connectivity index (χ4v) is 3.46. The number of hydrogen-bond acceptors (Lipinski definition) is 0. The Balaban J connectivity index is 2.31. The Morgan fingerprint density at radius 1 is 1.27 bits per heavy atom. The maximum absolute atomic E-state index is 3.64. The van der Waals surface area contributed by atoms with E-state index in [1.165, 1.54) is 34.6 Å². The van der Waals surface area contributed by atoms with Gasteiger partial charge in [0.05, 0.1) is 0 Å². The molecule has 1 aromatic carbocycles. The normalized spacial score (nSPS) is 11.7. The Labute approximate surface area is 107 Å². The first-order valence-electron chi connectivity index (χ1n) is 5.39. The van der Waals surface area contributed by atoms with Crippen molar-refractivity contribution in [2.75, 3.05) is 0 Å². The van der Waals surface area contributed by atoms with Crippen LogP contribution in [0.1, 0.15) is 32.6 Å². The molecule has 0 unspecified atom stereocenters. The van der Waals surface area contributed by atoms with Crippen molar-refractivity contribution in [3.8, 4) is 0 Å². The van der Waals surface area contributed by atoms with Gasteiger partial charge in [0.25, 0.3) is 0 Å². The molecule has 0 aliphatic rings. The van der Waals surface area contributed by atoms with Gasteiger partial charge >= 0.3 is 108 Å². The summed E-state index contributed by atoms with van der Waals surface area (Å²) in [7, 11) is 0. The van der Waals surface area contributed by atoms with Gasteiger partial charge in [0.1, 0.15) is 0 Å². The molecule has 0 nitrogen and oxygen atoms in total. The van der Waals surface area contributed by atoms with Crippen LogP contribution in [-0.4, -0.2) is 15.0 Å². The Kier molecular flexibility index (Phi) is 7.08. The van der Waals surface area contributed by atoms with Gasteiger partial charge in [-0.1, -0.05) is 0 Å². The number of benzene rings is 1. The third-order valence-electron chi connectivity index (χ3n) is 2.09. The Morgan fingerprint density at radius 3 is 2.67 bits per heavy atom. The molecule has 0 aliphatic heterocycles. The number of halogens is 1. The Bertz CT molecular complexity index is 293. The summed E-state index contributed by atoms with van der Waals surface area (Å²) in [5.41, 5.74) is 0. The fraction of sp³-hybridized carbons (Fsp3) is 0.385. The zero-order valence-electron chi connectivity index (χ0n) is 9.08. The molecule has 2 heteroatoms. The van der Waals surface area contributed by atoms with Gasteiger partial charge in [-0.25, -0.2) is 0 Å². The van der Waals surface area contributed by atoms with E-state index in [0.717, 1.165) is 0 Å². The quantitative estimate of drug-likeness (QED) is 0.549. The standard InChI is InChI=1S/C13H17BrSe/c1-2-3-5-8-12(14)11-15-13-9-6-4-7-10-13/h4,6-7,9-11H,2-3,5,8H2,1H3/b12-11+. The van der Waals surface area contributed by atoms with Crippen LogP contribution >= 0.6 is 15.9 Å². The molecule has 0 amide bonds. The molecule has 0 bridgehead atoms. The van der Waals surface area contributed by atoms with Crippen LogP contribution in [0.5, 0.6) is 0 Å². The van der Waals surface area contributed by atoms with Gasteiger partial charge in [0.2, 0.25) is 0 Å². The molecule has 0 atom stereocenters. The van der Waals surface area contributed by atoms with Gasteiger partial charge in [-0.3, -0.25) is 0 Å². The summed E-state index contributed by atoms with van der Waals surface area (Å²) in [6.07, 6.45) is 5.13. The van der Waals surface area contributed by atoms with Crippen molar-refractivity contribution in [3.63, 3.8) is 0 Å². The number of rotatable bonds is 6. The van der Waals surface area contributed by atoms with E-state index in [0.29, 0.717) is 15.0 Å². The molecule has 0 saturated heterocycles. The van der Waals surface area contributed by atoms with E-state index < -0.39 is 0 Å². The molecule has 1 aromatic rings. The molecule has 0 aliphatic carbocycles. The van der Waals surface area contributed by atoms with Gasteiger partial charge < -0.3 is 0 Å². The van der Waals surface area contributed by atoms with E-state index in [1.807, 2.05) is 0 Å². The summed E-state index contributed by atoms with van der Waals surface area (Å²) in [5, 5.41) is 0. The topological polar surface area (TPSA) is 0 Å². The molecule has 0 aromatic heterocycles. The summed E-state index contributed by atoms with van der Waals surface area (Å²) < 4.78 is 2.82. The van der Waals surface area contributed by atoms with Crippen LogP contribution in [0.4, 0.5) is 0 Å². The zero-order valence-corrected chi connectivity index (χ0v) is 12.4. The van der Waals surface area contributed by atoms with Gasteiger partial charge in [-0.05, 0) is 0 Å². The van der Waals surface area contributed by atoms with E-state index in [-0.39, 0.29) is 0 Å². The summed E-state index contributed by atoms with van der Waals surface area (Å²) >= 11 is 4.12. The van der Waals surface area contributed by atoms with Crippen molar-refractivity contribution in [2.24, 2.45) is 0 Å². The second-order valence-corrected chi connectivity index (χ2v) is 6.45. The van der Waals surface area contributed by atoms with E-state index in [2.05, 4.69) is 58.2 Å². The number of unbranched alkanes of at least 4 members (excludes halogenated alkanes) is 2. The summed E-state index contributed by atoms with van der Waals surface area (Å²) in [6.45, 7) is 2.24. The van der Waals surface area contributed by atoms with Gasteiger partial charge in [0.15, 0.2) is 0 Å². The SMILES string of the molecule is CCCCC/C(Br)=C\[Se]c1ccccc1. The van der Waals surface area contributed by atoms with Crippen molar-refractivity contribution < 1.29 is 0 Å². The van der Waals surface area contributed by atoms with Crippen molar-refractivity contribution in [2.45, 2.75) is 32.6 Å². The van der Waals surface area contributed by atoms with Gasteiger partial charge in [-0.15, -0.1) is 0 Å². The average Bonchev–Trinajstić information content (AvgIpc) is 2.28. The van der Waals surface area contributed by atoms with Gasteiger partial charge in [-0.2, -0.15) is 0 Å². The first-order chi connectivity index (χ1) is 7.33. The minimum absolute atomic E-state index is 0.478. The average molecular weight is 332 g/mol. The molecule has 0 heterocycles. The monoisotopic (exact) mass is 332 g/mol. The fourth-order valence-electron chi connectivity index (χ4n) is 1.23. The molecule has 0 N–H and O–H groups in total. The summed E-state index contributed by atoms with van der Waals surface area (Å²) in [6, 6.07) is 10.7. The Morgan fingerprint density at radius 2 is 2.00 bits per heavy atom. The van der Waals surface area contributed by atoms with Crippen molar-refractivity contribution >= 4 is 35.3 Å². The van der Waals surface area contributed by atoms with Crippen LogP contribution in [0.25, 0.3) is 0 Å². The van der Waals surface area contributed by atoms with Crippen LogP contribution in [0.3, 0.4) is 0 Å². The minimum atomic E-state index is 0.478. The van der Waals surface area contributed by atoms with Crippen LogP contribution in [-0.2, 0) is 0 Å². The molecule has 1 rings (SSSR count). The second-order valence-electron chi connectivity index (χ2n) is 3.45. The van der Waals surface area contributed by atoms with E-state index in [1.54, 1.807) is 0 Å². The van der Waals surface area contributed by atoms with Crippen LogP contribution in [0.2, 0.25) is 0 Å². The van der Waals surface area contributed by atoms with E-state index in [4.69, 9.17) is 0 Å². The molecule has 0 saturated carbocycles. The molecular formula is C13H17BrSe. The summed E-state index contributed by atoms with van der Waals surface area (Å²) in [4.78, 5) is 2.35. The third-order valence-corrected chi connectivity index (χ3v) is 5.38. The summed E-state index contributed by atoms with van der Waals surface area (Å²) in [5.74, 6) is 0. The third kappa shape index (κ3) is 6.19.